The molecule has 1 aliphatic carbocycles. The quantitative estimate of drug-likeness (QED) is 0.0673. The Kier molecular flexibility index (Phi) is 24.5. The molecular formula is C54H86N6O14. The number of carboxylic acids is 2. The predicted octanol–water partition coefficient (Wildman–Crippen LogP) is 4.93. The van der Waals surface area contributed by atoms with Gasteiger partial charge in [0.15, 0.2) is 0 Å². The summed E-state index contributed by atoms with van der Waals surface area (Å²) in [7, 11) is 6.07. The van der Waals surface area contributed by atoms with Crippen LogP contribution in [0.2, 0.25) is 0 Å². The number of aliphatic carboxylic acids is 2. The summed E-state index contributed by atoms with van der Waals surface area (Å²) in [6.07, 6.45) is 1.54. The van der Waals surface area contributed by atoms with Crippen molar-refractivity contribution in [2.45, 2.75) is 181 Å². The molecule has 0 radical (unpaired) electrons. The van der Waals surface area contributed by atoms with Gasteiger partial charge in [0.05, 0.1) is 55.2 Å². The van der Waals surface area contributed by atoms with Crippen molar-refractivity contribution in [2.24, 2.45) is 29.1 Å². The number of hydrogen-bond acceptors (Lipinski definition) is 12. The number of rotatable bonds is 26. The molecule has 1 saturated heterocycles. The molecule has 10 unspecified atom stereocenters. The number of nitrogens with one attached hydrogen (secondary N) is 3. The maximum atomic E-state index is 14.7. The van der Waals surface area contributed by atoms with Crippen LogP contribution in [0.1, 0.15) is 132 Å². The molecule has 3 rings (SSSR count). The molecule has 1 fully saturated rings. The highest BCUT2D eigenvalue weighted by atomic mass is 16.6. The lowest BCUT2D eigenvalue weighted by Gasteiger charge is -2.41. The van der Waals surface area contributed by atoms with E-state index in [2.05, 4.69) is 16.0 Å². The van der Waals surface area contributed by atoms with Crippen molar-refractivity contribution in [3.63, 3.8) is 0 Å². The van der Waals surface area contributed by atoms with Gasteiger partial charge in [-0.3, -0.25) is 33.7 Å². The van der Waals surface area contributed by atoms with Crippen molar-refractivity contribution in [1.29, 1.82) is 0 Å². The van der Waals surface area contributed by atoms with Crippen LogP contribution in [0.15, 0.2) is 42.5 Å². The number of likely N-dealkylation sites (tertiary alicyclic amines) is 1. The van der Waals surface area contributed by atoms with E-state index in [-0.39, 0.29) is 37.0 Å². The van der Waals surface area contributed by atoms with Crippen LogP contribution < -0.4 is 16.0 Å². The highest BCUT2D eigenvalue weighted by Gasteiger charge is 2.44. The van der Waals surface area contributed by atoms with Crippen molar-refractivity contribution in [3.05, 3.63) is 48.0 Å². The molecular weight excluding hydrogens is 957 g/mol. The van der Waals surface area contributed by atoms with Crippen LogP contribution in [0, 0.1) is 29.1 Å². The molecule has 20 nitrogen and oxygen atoms in total. The summed E-state index contributed by atoms with van der Waals surface area (Å²) in [4.78, 5) is 112. The Morgan fingerprint density at radius 1 is 0.824 bits per heavy atom. The summed E-state index contributed by atoms with van der Waals surface area (Å²) in [6.45, 7) is 16.6. The molecule has 6 N–H and O–H groups in total. The minimum atomic E-state index is -1.62. The van der Waals surface area contributed by atoms with Gasteiger partial charge in [0.2, 0.25) is 29.5 Å². The highest BCUT2D eigenvalue weighted by molar-refractivity contribution is 5.92. The summed E-state index contributed by atoms with van der Waals surface area (Å²) >= 11 is 0. The first kappa shape index (κ1) is 62.7. The van der Waals surface area contributed by atoms with E-state index in [1.54, 1.807) is 89.6 Å². The maximum absolute atomic E-state index is 14.7. The van der Waals surface area contributed by atoms with Crippen LogP contribution in [-0.4, -0.2) is 167 Å². The minimum absolute atomic E-state index is 0.0847. The number of aliphatic hydroxyl groups is 1. The van der Waals surface area contributed by atoms with Crippen LogP contribution >= 0.6 is 0 Å². The molecule has 2 aliphatic rings. The number of carboxylic acid groups (broad SMARTS) is 2. The molecule has 416 valence electrons. The summed E-state index contributed by atoms with van der Waals surface area (Å²) in [5.41, 5.74) is -0.435. The molecule has 13 atom stereocenters. The third-order valence-corrected chi connectivity index (χ3v) is 15.1. The Balaban J connectivity index is 1.75. The first-order chi connectivity index (χ1) is 34.7. The highest BCUT2D eigenvalue weighted by Crippen LogP contribution is 2.34. The Hall–Kier alpha value is -5.60. The second kappa shape index (κ2) is 28.9. The van der Waals surface area contributed by atoms with Crippen LogP contribution in [0.4, 0.5) is 4.79 Å². The Bertz CT molecular complexity index is 2090. The summed E-state index contributed by atoms with van der Waals surface area (Å²) in [5, 5.41) is 37.8. The fraction of sp³-hybridized carbons (Fsp3) is 0.704. The van der Waals surface area contributed by atoms with E-state index in [9.17, 15) is 48.6 Å². The van der Waals surface area contributed by atoms with Crippen LogP contribution in [0.25, 0.3) is 0 Å². The fourth-order valence-corrected chi connectivity index (χ4v) is 10.3. The van der Waals surface area contributed by atoms with Crippen molar-refractivity contribution in [3.8, 4) is 0 Å². The van der Waals surface area contributed by atoms with Crippen LogP contribution in [-0.2, 0) is 47.8 Å². The molecule has 1 aromatic rings. The lowest BCUT2D eigenvalue weighted by Crippen LogP contribution is -2.60. The van der Waals surface area contributed by atoms with Crippen molar-refractivity contribution < 1.29 is 67.9 Å². The standard InChI is InChI=1S/C54H86N6O14/c1-14-33(6)45(40(72-12)30-41(61)60-28-20-24-39(60)47(73-13)34(7)48(65)55-35(8)46(64)36-21-16-15-17-22-36)58(10)50(67)43(31(2)3)57-49(66)44(32(4)5)59(11)53(71)74-37-23-18-19-26-54(9,27-25-37)52(70)56-38(51(68)69)29-42(62)63/h15-18,21-23,31-35,37-40,43-47,64H,14,19-20,24-30H2,1-13H3,(H,55,65)(H,56,70)(H,57,66)(H,62,63)(H,68,69)/b23-18+/t33?,34?,35?,37-,38?,39-,40?,43?,44?,45?,46?,47?,54+/m0/s1. The lowest BCUT2D eigenvalue weighted by atomic mass is 9.77. The normalized spacial score (nSPS) is 22.5. The number of hydrogen-bond donors (Lipinski definition) is 6. The number of ether oxygens (including phenoxy) is 3. The van der Waals surface area contributed by atoms with Crippen molar-refractivity contribution >= 4 is 47.6 Å². The number of allylic oxidation sites excluding steroid dienone is 1. The van der Waals surface area contributed by atoms with Crippen LogP contribution in [0.3, 0.4) is 0 Å². The number of methoxy groups -OCH3 is 2. The molecule has 0 aromatic heterocycles. The molecule has 20 heteroatoms. The summed E-state index contributed by atoms with van der Waals surface area (Å²) in [6, 6.07) is 3.65. The van der Waals surface area contributed by atoms with Gasteiger partial charge in [-0.1, -0.05) is 98.2 Å². The summed E-state index contributed by atoms with van der Waals surface area (Å²) < 4.78 is 17.9. The first-order valence-corrected chi connectivity index (χ1v) is 26.1. The second-order valence-corrected chi connectivity index (χ2v) is 21.2. The number of likely N-dealkylation sites (N-methyl/N-ethyl adjacent to an activating group) is 2. The van der Waals surface area contributed by atoms with E-state index in [1.165, 1.54) is 26.2 Å². The fourth-order valence-electron chi connectivity index (χ4n) is 10.3. The SMILES string of the molecule is CCC(C)C(C(CC(=O)N1CCC[C@H]1C(OC)C(C)C(=O)NC(C)C(O)c1ccccc1)OC)N(C)C(=O)C(NC(=O)C(C(C)C)N(C)C(=O)O[C@H]1/C=C/CC[C@@](C)(C(=O)NC(CC(=O)O)C(=O)O)CC1)C(C)C. The number of carbonyl (C=O) groups excluding carboxylic acids is 6. The predicted molar refractivity (Wildman–Crippen MR) is 276 cm³/mol. The van der Waals surface area contributed by atoms with Gasteiger partial charge < -0.3 is 55.3 Å². The largest absolute Gasteiger partial charge is 0.481 e. The van der Waals surface area contributed by atoms with E-state index < -0.39 is 126 Å². The number of nitrogens with zero attached hydrogens (tertiary/aromatic N) is 3. The average molecular weight is 1040 g/mol. The molecule has 0 bridgehead atoms. The lowest BCUT2D eigenvalue weighted by molar-refractivity contribution is -0.148. The molecule has 0 spiro atoms. The summed E-state index contributed by atoms with van der Waals surface area (Å²) in [5.74, 6) is -6.75. The maximum Gasteiger partial charge on any atom is 0.410 e. The van der Waals surface area contributed by atoms with E-state index in [0.29, 0.717) is 44.2 Å². The van der Waals surface area contributed by atoms with Gasteiger partial charge in [0.25, 0.3) is 0 Å². The molecule has 1 heterocycles. The number of carbonyl (C=O) groups is 8. The van der Waals surface area contributed by atoms with Gasteiger partial charge >= 0.3 is 18.0 Å². The molecule has 1 aliphatic heterocycles. The Labute approximate surface area is 437 Å². The zero-order valence-corrected chi connectivity index (χ0v) is 45.9. The van der Waals surface area contributed by atoms with E-state index in [1.807, 2.05) is 32.0 Å². The zero-order valence-electron chi connectivity index (χ0n) is 45.9. The van der Waals surface area contributed by atoms with Gasteiger partial charge in [-0.25, -0.2) is 9.59 Å². The Morgan fingerprint density at radius 2 is 1.47 bits per heavy atom. The van der Waals surface area contributed by atoms with Crippen molar-refractivity contribution in [2.75, 3.05) is 34.9 Å². The molecule has 0 saturated carbocycles. The number of amides is 6. The van der Waals surface area contributed by atoms with Gasteiger partial charge in [-0.15, -0.1) is 0 Å². The smallest absolute Gasteiger partial charge is 0.410 e. The van der Waals surface area contributed by atoms with Crippen molar-refractivity contribution in [1.82, 2.24) is 30.7 Å². The van der Waals surface area contributed by atoms with Gasteiger partial charge in [0.1, 0.15) is 24.2 Å². The number of benzene rings is 1. The molecule has 1 aromatic carbocycles. The van der Waals surface area contributed by atoms with E-state index in [4.69, 9.17) is 19.3 Å². The third-order valence-electron chi connectivity index (χ3n) is 15.1. The zero-order chi connectivity index (χ0) is 55.8. The second-order valence-electron chi connectivity index (χ2n) is 21.2. The van der Waals surface area contributed by atoms with Crippen LogP contribution in [0.5, 0.6) is 0 Å². The topological polar surface area (TPSA) is 271 Å². The van der Waals surface area contributed by atoms with Gasteiger partial charge in [-0.05, 0) is 74.8 Å². The van der Waals surface area contributed by atoms with E-state index in [0.717, 1.165) is 0 Å². The molecule has 74 heavy (non-hydrogen) atoms. The average Bonchev–Trinajstić information content (AvgIpc) is 3.84. The van der Waals surface area contributed by atoms with E-state index >= 15 is 0 Å². The van der Waals surface area contributed by atoms with Gasteiger partial charge in [0, 0.05) is 40.3 Å². The third kappa shape index (κ3) is 16.7. The monoisotopic (exact) mass is 1040 g/mol. The van der Waals surface area contributed by atoms with Gasteiger partial charge in [-0.2, -0.15) is 0 Å². The first-order valence-electron chi connectivity index (χ1n) is 26.1. The molecule has 6 amide bonds. The number of aliphatic hydroxyl groups excluding tert-OH is 1. The Morgan fingerprint density at radius 3 is 2.03 bits per heavy atom. The minimum Gasteiger partial charge on any atom is -0.481 e.